The molecule has 0 radical (unpaired) electrons. The van der Waals surface area contributed by atoms with E-state index in [1.807, 2.05) is 0 Å². The highest BCUT2D eigenvalue weighted by molar-refractivity contribution is 6.08. The van der Waals surface area contributed by atoms with Crippen LogP contribution in [0.1, 0.15) is 21.5 Å². The molecule has 0 heterocycles. The number of imide groups is 1. The van der Waals surface area contributed by atoms with E-state index in [2.05, 4.69) is 10.1 Å². The van der Waals surface area contributed by atoms with Gasteiger partial charge in [-0.25, -0.2) is 13.6 Å². The van der Waals surface area contributed by atoms with E-state index in [0.29, 0.717) is 0 Å². The van der Waals surface area contributed by atoms with Crippen molar-refractivity contribution in [2.24, 2.45) is 0 Å². The number of carbonyl (C=O) groups is 2. The van der Waals surface area contributed by atoms with Crippen LogP contribution in [0.2, 0.25) is 0 Å². The summed E-state index contributed by atoms with van der Waals surface area (Å²) in [7, 11) is 1.04. The first kappa shape index (κ1) is 26.4. The van der Waals surface area contributed by atoms with E-state index >= 15 is 0 Å². The molecule has 0 saturated heterocycles. The summed E-state index contributed by atoms with van der Waals surface area (Å²) in [4.78, 5) is 24.1. The Labute approximate surface area is 200 Å². The summed E-state index contributed by atoms with van der Waals surface area (Å²) < 4.78 is 94.9. The van der Waals surface area contributed by atoms with Gasteiger partial charge in [0.25, 0.3) is 5.91 Å². The number of alkyl halides is 4. The molecule has 0 unspecified atom stereocenters. The van der Waals surface area contributed by atoms with Crippen LogP contribution in [0.15, 0.2) is 60.7 Å². The van der Waals surface area contributed by atoms with E-state index in [9.17, 15) is 35.9 Å². The second-order valence-corrected chi connectivity index (χ2v) is 7.38. The molecule has 6 nitrogen and oxygen atoms in total. The number of hydrogen-bond acceptors (Lipinski definition) is 4. The third-order valence-electron chi connectivity index (χ3n) is 4.93. The average molecular weight is 512 g/mol. The number of rotatable bonds is 7. The highest BCUT2D eigenvalue weighted by atomic mass is 19.3. The average Bonchev–Trinajstić information content (AvgIpc) is 2.79. The first-order chi connectivity index (χ1) is 16.9. The molecule has 0 fully saturated rings. The molecule has 3 rings (SSSR count). The summed E-state index contributed by atoms with van der Waals surface area (Å²) in [6, 6.07) is 8.90. The van der Waals surface area contributed by atoms with Crippen molar-refractivity contribution >= 4 is 17.6 Å². The topological polar surface area (TPSA) is 76.7 Å². The van der Waals surface area contributed by atoms with Crippen LogP contribution in [-0.2, 0) is 5.92 Å². The summed E-state index contributed by atoms with van der Waals surface area (Å²) in [5.74, 6) is -9.72. The van der Waals surface area contributed by atoms with Gasteiger partial charge in [0.2, 0.25) is 0 Å². The molecule has 12 heteroatoms. The van der Waals surface area contributed by atoms with E-state index in [-0.39, 0.29) is 11.3 Å². The third kappa shape index (κ3) is 5.37. The molecule has 0 saturated carbocycles. The number of aryl methyl sites for hydroxylation is 1. The van der Waals surface area contributed by atoms with Gasteiger partial charge in [-0.15, -0.1) is 0 Å². The maximum absolute atomic E-state index is 14.6. The van der Waals surface area contributed by atoms with Crippen molar-refractivity contribution in [1.82, 2.24) is 5.32 Å². The zero-order valence-corrected chi connectivity index (χ0v) is 18.7. The highest BCUT2D eigenvalue weighted by Gasteiger charge is 2.61. The minimum absolute atomic E-state index is 0.0758. The quantitative estimate of drug-likeness (QED) is 0.381. The van der Waals surface area contributed by atoms with Crippen LogP contribution in [-0.4, -0.2) is 25.2 Å². The van der Waals surface area contributed by atoms with Crippen molar-refractivity contribution in [2.75, 3.05) is 12.4 Å². The molecule has 3 aromatic rings. The molecule has 190 valence electrons. The molecule has 0 aliphatic heterocycles. The predicted octanol–water partition coefficient (Wildman–Crippen LogP) is 6.01. The lowest BCUT2D eigenvalue weighted by Crippen LogP contribution is -2.43. The van der Waals surface area contributed by atoms with E-state index in [1.165, 1.54) is 25.1 Å². The standard InChI is InChI=1S/C24H18F6N2O4/c1-13-6-3-4-7-15(13)23(27,28)24(29,30)36-18-11-10-14(12-19(18)35-2)31-22(34)32-21(33)20-16(25)8-5-9-17(20)26/h3-12H,1-2H3,(H2,31,32,33,34). The zero-order chi connectivity index (χ0) is 26.7. The van der Waals surface area contributed by atoms with E-state index in [4.69, 9.17) is 4.74 Å². The Morgan fingerprint density at radius 2 is 1.50 bits per heavy atom. The fourth-order valence-electron chi connectivity index (χ4n) is 3.16. The van der Waals surface area contributed by atoms with Gasteiger partial charge in [0, 0.05) is 17.3 Å². The van der Waals surface area contributed by atoms with E-state index < -0.39 is 58.2 Å². The number of carbonyl (C=O) groups excluding carboxylic acids is 2. The number of urea groups is 1. The van der Waals surface area contributed by atoms with Gasteiger partial charge in [-0.2, -0.15) is 17.6 Å². The Balaban J connectivity index is 1.76. The predicted molar refractivity (Wildman–Crippen MR) is 116 cm³/mol. The molecule has 0 spiro atoms. The van der Waals surface area contributed by atoms with E-state index in [1.54, 1.807) is 5.32 Å². The Kier molecular flexibility index (Phi) is 7.46. The molecule has 3 aromatic carbocycles. The van der Waals surface area contributed by atoms with Gasteiger partial charge in [-0.05, 0) is 36.8 Å². The summed E-state index contributed by atoms with van der Waals surface area (Å²) in [5, 5.41) is 3.82. The van der Waals surface area contributed by atoms with Crippen LogP contribution in [0, 0.1) is 18.6 Å². The van der Waals surface area contributed by atoms with Gasteiger partial charge in [0.15, 0.2) is 11.5 Å². The van der Waals surface area contributed by atoms with Gasteiger partial charge in [-0.1, -0.05) is 30.3 Å². The second kappa shape index (κ2) is 10.2. The fourth-order valence-corrected chi connectivity index (χ4v) is 3.16. The lowest BCUT2D eigenvalue weighted by atomic mass is 10.0. The minimum atomic E-state index is -4.99. The van der Waals surface area contributed by atoms with Crippen LogP contribution < -0.4 is 20.1 Å². The van der Waals surface area contributed by atoms with Crippen LogP contribution in [0.4, 0.5) is 36.8 Å². The fraction of sp³-hybridized carbons (Fsp3) is 0.167. The SMILES string of the molecule is COc1cc(NC(=O)NC(=O)c2c(F)cccc2F)ccc1OC(F)(F)C(F)(F)c1ccccc1C. The minimum Gasteiger partial charge on any atom is -0.493 e. The second-order valence-electron chi connectivity index (χ2n) is 7.38. The van der Waals surface area contributed by atoms with Crippen molar-refractivity contribution in [3.63, 3.8) is 0 Å². The van der Waals surface area contributed by atoms with Gasteiger partial charge >= 0.3 is 18.1 Å². The maximum atomic E-state index is 14.6. The van der Waals surface area contributed by atoms with E-state index in [0.717, 1.165) is 49.6 Å². The third-order valence-corrected chi connectivity index (χ3v) is 4.93. The first-order valence-electron chi connectivity index (χ1n) is 10.1. The van der Waals surface area contributed by atoms with Crippen molar-refractivity contribution in [2.45, 2.75) is 19.0 Å². The molecule has 0 aromatic heterocycles. The van der Waals surface area contributed by atoms with Crippen molar-refractivity contribution < 1.29 is 45.4 Å². The molecule has 36 heavy (non-hydrogen) atoms. The number of ether oxygens (including phenoxy) is 2. The Bertz CT molecular complexity index is 1280. The molecule has 0 aliphatic rings. The maximum Gasteiger partial charge on any atom is 0.469 e. The first-order valence-corrected chi connectivity index (χ1v) is 10.1. The molecular formula is C24H18F6N2O4. The number of anilines is 1. The summed E-state index contributed by atoms with van der Waals surface area (Å²) in [6.45, 7) is 1.25. The van der Waals surface area contributed by atoms with Gasteiger partial charge in [-0.3, -0.25) is 10.1 Å². The van der Waals surface area contributed by atoms with Crippen molar-refractivity contribution in [3.8, 4) is 11.5 Å². The zero-order valence-electron chi connectivity index (χ0n) is 18.7. The summed E-state index contributed by atoms with van der Waals surface area (Å²) in [5.41, 5.74) is -2.15. The number of halogens is 6. The van der Waals surface area contributed by atoms with Crippen LogP contribution >= 0.6 is 0 Å². The smallest absolute Gasteiger partial charge is 0.469 e. The molecule has 3 amide bonds. The monoisotopic (exact) mass is 512 g/mol. The van der Waals surface area contributed by atoms with Crippen LogP contribution in [0.5, 0.6) is 11.5 Å². The van der Waals surface area contributed by atoms with Crippen LogP contribution in [0.3, 0.4) is 0 Å². The Morgan fingerprint density at radius 3 is 2.11 bits per heavy atom. The summed E-state index contributed by atoms with van der Waals surface area (Å²) >= 11 is 0. The van der Waals surface area contributed by atoms with Crippen molar-refractivity contribution in [3.05, 3.63) is 89.0 Å². The number of benzene rings is 3. The Hall–Kier alpha value is -4.22. The number of nitrogens with one attached hydrogen (secondary N) is 2. The van der Waals surface area contributed by atoms with Gasteiger partial charge in [0.05, 0.1) is 7.11 Å². The molecular weight excluding hydrogens is 494 g/mol. The largest absolute Gasteiger partial charge is 0.493 e. The van der Waals surface area contributed by atoms with Gasteiger partial charge < -0.3 is 14.8 Å². The highest BCUT2D eigenvalue weighted by Crippen LogP contribution is 2.46. The lowest BCUT2D eigenvalue weighted by molar-refractivity contribution is -0.316. The number of methoxy groups -OCH3 is 1. The van der Waals surface area contributed by atoms with Crippen LogP contribution in [0.25, 0.3) is 0 Å². The normalized spacial score (nSPS) is 11.6. The molecule has 0 atom stereocenters. The number of hydrogen-bond donors (Lipinski definition) is 2. The lowest BCUT2D eigenvalue weighted by Gasteiger charge is -2.28. The molecule has 2 N–H and O–H groups in total. The molecule has 0 aliphatic carbocycles. The summed E-state index contributed by atoms with van der Waals surface area (Å²) in [6.07, 6.45) is -4.99. The van der Waals surface area contributed by atoms with Crippen molar-refractivity contribution in [1.29, 1.82) is 0 Å². The Morgan fingerprint density at radius 1 is 0.861 bits per heavy atom. The number of amides is 3. The van der Waals surface area contributed by atoms with Gasteiger partial charge in [0.1, 0.15) is 17.2 Å². The molecule has 0 bridgehead atoms.